The van der Waals surface area contributed by atoms with Gasteiger partial charge < -0.3 is 16.6 Å². The van der Waals surface area contributed by atoms with Gasteiger partial charge in [-0.1, -0.05) is 44.2 Å². The van der Waals surface area contributed by atoms with Crippen LogP contribution in [0.1, 0.15) is 19.4 Å². The molecule has 8 heteroatoms. The number of hydrogen-bond donors (Lipinski definition) is 4. The standard InChI is InChI=1S/C16H23N3O4S/c1-10(2)16(15(22)23,11-6-4-3-5-7-11)19(13(20)8-17)14(21)12(18)9-24/h3-7,10,12,24H,8-9,17-18H2,1-2H3,(H,22,23). The minimum absolute atomic E-state index is 0.0320. The summed E-state index contributed by atoms with van der Waals surface area (Å²) in [7, 11) is 0. The Morgan fingerprint density at radius 2 is 1.79 bits per heavy atom. The Morgan fingerprint density at radius 1 is 1.25 bits per heavy atom. The number of carbonyl (C=O) groups excluding carboxylic acids is 2. The average Bonchev–Trinajstić information content (AvgIpc) is 2.57. The molecule has 2 unspecified atom stereocenters. The Labute approximate surface area is 146 Å². The Bertz CT molecular complexity index is 609. The number of nitrogens with zero attached hydrogens (tertiary/aromatic N) is 1. The average molecular weight is 353 g/mol. The SMILES string of the molecule is CC(C)C(C(=O)O)(c1ccccc1)N(C(=O)CN)C(=O)C(N)CS. The van der Waals surface area contributed by atoms with Crippen LogP contribution in [0.4, 0.5) is 0 Å². The lowest BCUT2D eigenvalue weighted by molar-refractivity contribution is -0.171. The van der Waals surface area contributed by atoms with Gasteiger partial charge in [0.05, 0.1) is 12.6 Å². The van der Waals surface area contributed by atoms with Gasteiger partial charge in [0.1, 0.15) is 0 Å². The second-order valence-electron chi connectivity index (χ2n) is 5.65. The highest BCUT2D eigenvalue weighted by atomic mass is 32.1. The summed E-state index contributed by atoms with van der Waals surface area (Å²) in [6.07, 6.45) is 0. The lowest BCUT2D eigenvalue weighted by atomic mass is 9.77. The topological polar surface area (TPSA) is 127 Å². The molecule has 0 saturated heterocycles. The number of nitrogens with two attached hydrogens (primary N) is 2. The lowest BCUT2D eigenvalue weighted by Crippen LogP contribution is -2.64. The molecule has 0 saturated carbocycles. The van der Waals surface area contributed by atoms with E-state index in [9.17, 15) is 19.5 Å². The van der Waals surface area contributed by atoms with E-state index < -0.39 is 41.8 Å². The predicted octanol–water partition coefficient (Wildman–Crippen LogP) is 0.194. The maximum atomic E-state index is 12.7. The largest absolute Gasteiger partial charge is 0.479 e. The number of carboxylic acids is 1. The molecule has 1 aromatic carbocycles. The Hall–Kier alpha value is -1.90. The number of carboxylic acid groups (broad SMARTS) is 1. The molecule has 0 radical (unpaired) electrons. The number of rotatable bonds is 7. The molecule has 0 bridgehead atoms. The second kappa shape index (κ2) is 8.27. The highest BCUT2D eigenvalue weighted by Crippen LogP contribution is 2.37. The van der Waals surface area contributed by atoms with Gasteiger partial charge >= 0.3 is 5.97 Å². The predicted molar refractivity (Wildman–Crippen MR) is 93.3 cm³/mol. The van der Waals surface area contributed by atoms with Crippen LogP contribution in [0.25, 0.3) is 0 Å². The molecule has 0 aliphatic carbocycles. The number of benzene rings is 1. The molecule has 0 spiro atoms. The number of carbonyl (C=O) groups is 3. The van der Waals surface area contributed by atoms with Gasteiger partial charge in [0, 0.05) is 5.75 Å². The first-order valence-corrected chi connectivity index (χ1v) is 8.10. The molecule has 1 rings (SSSR count). The van der Waals surface area contributed by atoms with Crippen molar-refractivity contribution in [3.05, 3.63) is 35.9 Å². The van der Waals surface area contributed by atoms with E-state index in [4.69, 9.17) is 11.5 Å². The fourth-order valence-electron chi connectivity index (χ4n) is 2.71. The quantitative estimate of drug-likeness (QED) is 0.519. The molecule has 7 nitrogen and oxygen atoms in total. The van der Waals surface area contributed by atoms with Gasteiger partial charge in [-0.15, -0.1) is 0 Å². The second-order valence-corrected chi connectivity index (χ2v) is 6.02. The van der Waals surface area contributed by atoms with E-state index in [0.717, 1.165) is 0 Å². The van der Waals surface area contributed by atoms with Crippen LogP contribution in [0, 0.1) is 5.92 Å². The van der Waals surface area contributed by atoms with Crippen molar-refractivity contribution in [1.82, 2.24) is 4.90 Å². The van der Waals surface area contributed by atoms with Crippen molar-refractivity contribution in [2.45, 2.75) is 25.4 Å². The Kier molecular flexibility index (Phi) is 6.94. The van der Waals surface area contributed by atoms with Crippen molar-refractivity contribution in [2.75, 3.05) is 12.3 Å². The first-order chi connectivity index (χ1) is 11.2. The fraction of sp³-hybridized carbons (Fsp3) is 0.438. The van der Waals surface area contributed by atoms with Gasteiger partial charge in [-0.2, -0.15) is 12.6 Å². The van der Waals surface area contributed by atoms with Crippen LogP contribution in [0.5, 0.6) is 0 Å². The van der Waals surface area contributed by atoms with E-state index in [-0.39, 0.29) is 5.75 Å². The number of aliphatic carboxylic acids is 1. The van der Waals surface area contributed by atoms with Crippen LogP contribution in [-0.4, -0.2) is 46.1 Å². The minimum Gasteiger partial charge on any atom is -0.479 e. The molecule has 2 atom stereocenters. The van der Waals surface area contributed by atoms with Crippen LogP contribution < -0.4 is 11.5 Å². The fourth-order valence-corrected chi connectivity index (χ4v) is 2.86. The lowest BCUT2D eigenvalue weighted by Gasteiger charge is -2.43. The summed E-state index contributed by atoms with van der Waals surface area (Å²) in [4.78, 5) is 38.1. The van der Waals surface area contributed by atoms with Crippen LogP contribution in [0.15, 0.2) is 30.3 Å². The summed E-state index contributed by atoms with van der Waals surface area (Å²) >= 11 is 3.97. The smallest absolute Gasteiger partial charge is 0.335 e. The Balaban J connectivity index is 3.73. The van der Waals surface area contributed by atoms with E-state index in [2.05, 4.69) is 12.6 Å². The highest BCUT2D eigenvalue weighted by Gasteiger charge is 2.53. The molecular weight excluding hydrogens is 330 g/mol. The minimum atomic E-state index is -1.91. The summed E-state index contributed by atoms with van der Waals surface area (Å²) in [5.41, 5.74) is 9.56. The molecule has 24 heavy (non-hydrogen) atoms. The van der Waals surface area contributed by atoms with E-state index in [0.29, 0.717) is 10.5 Å². The van der Waals surface area contributed by atoms with E-state index in [1.807, 2.05) is 0 Å². The zero-order valence-electron chi connectivity index (χ0n) is 13.7. The van der Waals surface area contributed by atoms with Crippen molar-refractivity contribution >= 4 is 30.4 Å². The maximum absolute atomic E-state index is 12.7. The molecule has 132 valence electrons. The molecule has 0 aliphatic heterocycles. The third-order valence-electron chi connectivity index (χ3n) is 3.89. The van der Waals surface area contributed by atoms with Crippen LogP contribution in [0.2, 0.25) is 0 Å². The van der Waals surface area contributed by atoms with Crippen molar-refractivity contribution < 1.29 is 19.5 Å². The van der Waals surface area contributed by atoms with Gasteiger partial charge in [0.25, 0.3) is 0 Å². The van der Waals surface area contributed by atoms with Crippen molar-refractivity contribution in [1.29, 1.82) is 0 Å². The molecule has 0 aliphatic rings. The third kappa shape index (κ3) is 3.45. The number of thiol groups is 1. The van der Waals surface area contributed by atoms with Gasteiger partial charge in [-0.05, 0) is 11.5 Å². The molecule has 0 heterocycles. The molecular formula is C16H23N3O4S. The Morgan fingerprint density at radius 3 is 2.17 bits per heavy atom. The third-order valence-corrected chi connectivity index (χ3v) is 4.28. The molecule has 5 N–H and O–H groups in total. The van der Waals surface area contributed by atoms with Gasteiger partial charge in [-0.3, -0.25) is 14.5 Å². The monoisotopic (exact) mass is 353 g/mol. The van der Waals surface area contributed by atoms with E-state index in [1.54, 1.807) is 44.2 Å². The summed E-state index contributed by atoms with van der Waals surface area (Å²) in [6, 6.07) is 7.00. The van der Waals surface area contributed by atoms with Gasteiger partial charge in [0.2, 0.25) is 11.8 Å². The van der Waals surface area contributed by atoms with Crippen molar-refractivity contribution in [3.8, 4) is 0 Å². The highest BCUT2D eigenvalue weighted by molar-refractivity contribution is 7.80. The van der Waals surface area contributed by atoms with Gasteiger partial charge in [-0.25, -0.2) is 4.79 Å². The normalized spacial score (nSPS) is 14.8. The number of amides is 2. The molecule has 1 aromatic rings. The zero-order chi connectivity index (χ0) is 18.5. The maximum Gasteiger partial charge on any atom is 0.335 e. The molecule has 2 amide bonds. The van der Waals surface area contributed by atoms with Gasteiger partial charge in [0.15, 0.2) is 5.54 Å². The summed E-state index contributed by atoms with van der Waals surface area (Å²) in [5.74, 6) is -3.61. The molecule has 0 aromatic heterocycles. The van der Waals surface area contributed by atoms with Crippen molar-refractivity contribution in [3.63, 3.8) is 0 Å². The van der Waals surface area contributed by atoms with Crippen LogP contribution in [0.3, 0.4) is 0 Å². The van der Waals surface area contributed by atoms with Crippen LogP contribution >= 0.6 is 12.6 Å². The van der Waals surface area contributed by atoms with Crippen LogP contribution in [-0.2, 0) is 19.9 Å². The molecule has 0 fully saturated rings. The summed E-state index contributed by atoms with van der Waals surface area (Å²) in [6.45, 7) is 2.73. The number of imide groups is 1. The van der Waals surface area contributed by atoms with E-state index >= 15 is 0 Å². The van der Waals surface area contributed by atoms with E-state index in [1.165, 1.54) is 0 Å². The summed E-state index contributed by atoms with van der Waals surface area (Å²) in [5, 5.41) is 10.0. The summed E-state index contributed by atoms with van der Waals surface area (Å²) < 4.78 is 0. The first kappa shape index (κ1) is 20.1. The zero-order valence-corrected chi connectivity index (χ0v) is 14.6. The number of hydrogen-bond acceptors (Lipinski definition) is 6. The first-order valence-electron chi connectivity index (χ1n) is 7.47. The van der Waals surface area contributed by atoms with Crippen molar-refractivity contribution in [2.24, 2.45) is 17.4 Å².